The maximum atomic E-state index is 12.5. The standard InChI is InChI=1S/C20H25N3O4S/c1-4-5-11-21-28(26,27)18-8-6-7-17(13-18)23-20(25)16-10-9-14(2)19(12-16)22-15(3)24/h6-10,12-13,21H,4-5,11H2,1-3H3,(H,22,24)(H,23,25). The van der Waals surface area contributed by atoms with Crippen LogP contribution in [0, 0.1) is 6.92 Å². The number of carbonyl (C=O) groups is 2. The van der Waals surface area contributed by atoms with E-state index in [0.717, 1.165) is 18.4 Å². The Morgan fingerprint density at radius 2 is 1.79 bits per heavy atom. The van der Waals surface area contributed by atoms with E-state index in [1.165, 1.54) is 19.1 Å². The van der Waals surface area contributed by atoms with E-state index in [1.54, 1.807) is 30.3 Å². The first-order chi connectivity index (χ1) is 13.2. The monoisotopic (exact) mass is 403 g/mol. The average Bonchev–Trinajstić information content (AvgIpc) is 2.63. The molecule has 0 aliphatic heterocycles. The molecule has 2 aromatic rings. The number of aryl methyl sites for hydroxylation is 1. The van der Waals surface area contributed by atoms with Crippen LogP contribution in [0.4, 0.5) is 11.4 Å². The van der Waals surface area contributed by atoms with Crippen molar-refractivity contribution in [3.05, 3.63) is 53.6 Å². The molecule has 0 fully saturated rings. The fraction of sp³-hybridized carbons (Fsp3) is 0.300. The molecule has 28 heavy (non-hydrogen) atoms. The zero-order chi connectivity index (χ0) is 20.7. The maximum Gasteiger partial charge on any atom is 0.255 e. The Labute approximate surface area is 165 Å². The summed E-state index contributed by atoms with van der Waals surface area (Å²) in [7, 11) is -3.63. The Hall–Kier alpha value is -2.71. The molecule has 0 saturated carbocycles. The minimum atomic E-state index is -3.63. The molecule has 3 N–H and O–H groups in total. The Kier molecular flexibility index (Phi) is 7.31. The highest BCUT2D eigenvalue weighted by molar-refractivity contribution is 7.89. The lowest BCUT2D eigenvalue weighted by atomic mass is 10.1. The van der Waals surface area contributed by atoms with Gasteiger partial charge in [-0.3, -0.25) is 9.59 Å². The number of rotatable bonds is 8. The smallest absolute Gasteiger partial charge is 0.255 e. The van der Waals surface area contributed by atoms with E-state index in [2.05, 4.69) is 15.4 Å². The van der Waals surface area contributed by atoms with E-state index in [9.17, 15) is 18.0 Å². The molecule has 2 rings (SSSR count). The quantitative estimate of drug-likeness (QED) is 0.588. The second kappa shape index (κ2) is 9.48. The summed E-state index contributed by atoms with van der Waals surface area (Å²) in [5.74, 6) is -0.630. The molecule has 0 spiro atoms. The first kappa shape index (κ1) is 21.6. The molecule has 0 radical (unpaired) electrons. The third-order valence-corrected chi connectivity index (χ3v) is 5.49. The summed E-state index contributed by atoms with van der Waals surface area (Å²) < 4.78 is 27.2. The predicted molar refractivity (Wildman–Crippen MR) is 110 cm³/mol. The van der Waals surface area contributed by atoms with Gasteiger partial charge < -0.3 is 10.6 Å². The molecule has 150 valence electrons. The molecular formula is C20H25N3O4S. The van der Waals surface area contributed by atoms with Gasteiger partial charge in [-0.25, -0.2) is 13.1 Å². The molecular weight excluding hydrogens is 378 g/mol. The number of amides is 2. The molecule has 0 saturated heterocycles. The summed E-state index contributed by atoms with van der Waals surface area (Å²) in [5, 5.41) is 5.37. The minimum Gasteiger partial charge on any atom is -0.326 e. The minimum absolute atomic E-state index is 0.0873. The van der Waals surface area contributed by atoms with Crippen LogP contribution >= 0.6 is 0 Å². The number of sulfonamides is 1. The Bertz CT molecular complexity index is 971. The van der Waals surface area contributed by atoms with Crippen molar-refractivity contribution in [3.63, 3.8) is 0 Å². The van der Waals surface area contributed by atoms with Crippen molar-refractivity contribution in [1.82, 2.24) is 4.72 Å². The summed E-state index contributed by atoms with van der Waals surface area (Å²) in [6.45, 7) is 5.57. The van der Waals surface area contributed by atoms with Gasteiger partial charge in [-0.1, -0.05) is 25.5 Å². The summed E-state index contributed by atoms with van der Waals surface area (Å²) in [5.41, 5.74) is 2.10. The lowest BCUT2D eigenvalue weighted by Gasteiger charge is -2.11. The average molecular weight is 404 g/mol. The third kappa shape index (κ3) is 5.90. The number of unbranched alkanes of at least 4 members (excludes halogenated alkanes) is 1. The molecule has 0 aliphatic carbocycles. The summed E-state index contributed by atoms with van der Waals surface area (Å²) in [6.07, 6.45) is 1.63. The van der Waals surface area contributed by atoms with Gasteiger partial charge in [-0.2, -0.15) is 0 Å². The highest BCUT2D eigenvalue weighted by Crippen LogP contribution is 2.20. The first-order valence-corrected chi connectivity index (χ1v) is 10.5. The number of hydrogen-bond donors (Lipinski definition) is 3. The maximum absolute atomic E-state index is 12.5. The van der Waals surface area contributed by atoms with Crippen molar-refractivity contribution in [2.45, 2.75) is 38.5 Å². The van der Waals surface area contributed by atoms with Crippen molar-refractivity contribution in [2.75, 3.05) is 17.2 Å². The van der Waals surface area contributed by atoms with E-state index in [0.29, 0.717) is 23.5 Å². The normalized spacial score (nSPS) is 11.1. The summed E-state index contributed by atoms with van der Waals surface area (Å²) in [4.78, 5) is 23.9. The van der Waals surface area contributed by atoms with Crippen molar-refractivity contribution in [1.29, 1.82) is 0 Å². The molecule has 7 nitrogen and oxygen atoms in total. The number of anilines is 2. The predicted octanol–water partition coefficient (Wildman–Crippen LogP) is 3.28. The summed E-state index contributed by atoms with van der Waals surface area (Å²) in [6, 6.07) is 11.0. The van der Waals surface area contributed by atoms with Crippen LogP contribution in [-0.2, 0) is 14.8 Å². The van der Waals surface area contributed by atoms with Crippen molar-refractivity contribution < 1.29 is 18.0 Å². The molecule has 0 atom stereocenters. The second-order valence-corrected chi connectivity index (χ2v) is 8.21. The number of nitrogens with one attached hydrogen (secondary N) is 3. The largest absolute Gasteiger partial charge is 0.326 e. The number of hydrogen-bond acceptors (Lipinski definition) is 4. The highest BCUT2D eigenvalue weighted by atomic mass is 32.2. The Balaban J connectivity index is 2.18. The van der Waals surface area contributed by atoms with Crippen molar-refractivity contribution in [2.24, 2.45) is 0 Å². The fourth-order valence-corrected chi connectivity index (χ4v) is 3.62. The van der Waals surface area contributed by atoms with E-state index in [1.807, 2.05) is 13.8 Å². The van der Waals surface area contributed by atoms with Crippen molar-refractivity contribution >= 4 is 33.2 Å². The van der Waals surface area contributed by atoms with Crippen LogP contribution in [-0.4, -0.2) is 26.8 Å². The third-order valence-electron chi connectivity index (χ3n) is 4.04. The van der Waals surface area contributed by atoms with Gasteiger partial charge in [-0.15, -0.1) is 0 Å². The second-order valence-electron chi connectivity index (χ2n) is 6.44. The SMILES string of the molecule is CCCCNS(=O)(=O)c1cccc(NC(=O)c2ccc(C)c(NC(C)=O)c2)c1. The van der Waals surface area contributed by atoms with Gasteiger partial charge in [0.2, 0.25) is 15.9 Å². The molecule has 0 bridgehead atoms. The lowest BCUT2D eigenvalue weighted by molar-refractivity contribution is -0.114. The van der Waals surface area contributed by atoms with Gasteiger partial charge in [0.25, 0.3) is 5.91 Å². The van der Waals surface area contributed by atoms with Crippen LogP contribution in [0.3, 0.4) is 0 Å². The molecule has 2 amide bonds. The first-order valence-electron chi connectivity index (χ1n) is 9.02. The Morgan fingerprint density at radius 1 is 1.04 bits per heavy atom. The van der Waals surface area contributed by atoms with Gasteiger partial charge >= 0.3 is 0 Å². The van der Waals surface area contributed by atoms with E-state index in [4.69, 9.17) is 0 Å². The van der Waals surface area contributed by atoms with Crippen LogP contribution in [0.5, 0.6) is 0 Å². The zero-order valence-corrected chi connectivity index (χ0v) is 17.0. The van der Waals surface area contributed by atoms with Gasteiger partial charge in [0.05, 0.1) is 4.90 Å². The topological polar surface area (TPSA) is 104 Å². The van der Waals surface area contributed by atoms with Crippen LogP contribution in [0.15, 0.2) is 47.4 Å². The van der Waals surface area contributed by atoms with Gasteiger partial charge in [-0.05, 0) is 49.2 Å². The molecule has 8 heteroatoms. The molecule has 0 aromatic heterocycles. The van der Waals surface area contributed by atoms with Gasteiger partial charge in [0.1, 0.15) is 0 Å². The summed E-state index contributed by atoms with van der Waals surface area (Å²) >= 11 is 0. The molecule has 2 aromatic carbocycles. The molecule has 0 unspecified atom stereocenters. The van der Waals surface area contributed by atoms with Crippen LogP contribution in [0.1, 0.15) is 42.6 Å². The van der Waals surface area contributed by atoms with Gasteiger partial charge in [0.15, 0.2) is 0 Å². The van der Waals surface area contributed by atoms with E-state index < -0.39 is 15.9 Å². The van der Waals surface area contributed by atoms with Crippen LogP contribution < -0.4 is 15.4 Å². The van der Waals surface area contributed by atoms with Crippen LogP contribution in [0.2, 0.25) is 0 Å². The lowest BCUT2D eigenvalue weighted by Crippen LogP contribution is -2.24. The van der Waals surface area contributed by atoms with Gasteiger partial charge in [0, 0.05) is 30.4 Å². The number of benzene rings is 2. The Morgan fingerprint density at radius 3 is 2.46 bits per heavy atom. The molecule has 0 aliphatic rings. The van der Waals surface area contributed by atoms with Crippen molar-refractivity contribution in [3.8, 4) is 0 Å². The fourth-order valence-electron chi connectivity index (χ4n) is 2.50. The zero-order valence-electron chi connectivity index (χ0n) is 16.2. The number of carbonyl (C=O) groups excluding carboxylic acids is 2. The van der Waals surface area contributed by atoms with E-state index in [-0.39, 0.29) is 10.8 Å². The van der Waals surface area contributed by atoms with E-state index >= 15 is 0 Å². The highest BCUT2D eigenvalue weighted by Gasteiger charge is 2.15. The molecule has 0 heterocycles. The van der Waals surface area contributed by atoms with Crippen LogP contribution in [0.25, 0.3) is 0 Å².